The third-order valence-corrected chi connectivity index (χ3v) is 2.87. The maximum Gasteiger partial charge on any atom is 0.0607 e. The van der Waals surface area contributed by atoms with E-state index in [0.717, 1.165) is 19.8 Å². The van der Waals surface area contributed by atoms with E-state index in [0.29, 0.717) is 12.0 Å². The molecular formula is C8H16N2O. The van der Waals surface area contributed by atoms with Crippen molar-refractivity contribution in [2.24, 2.45) is 11.8 Å². The zero-order valence-electron chi connectivity index (χ0n) is 6.83. The molecule has 2 N–H and O–H groups in total. The van der Waals surface area contributed by atoms with Gasteiger partial charge in [-0.1, -0.05) is 6.42 Å². The highest BCUT2D eigenvalue weighted by molar-refractivity contribution is 4.84. The fraction of sp³-hybridized carbons (Fsp3) is 1.00. The largest absolute Gasteiger partial charge is 0.380 e. The van der Waals surface area contributed by atoms with E-state index in [9.17, 15) is 0 Å². The summed E-state index contributed by atoms with van der Waals surface area (Å²) in [5.41, 5.74) is 0. The Morgan fingerprint density at radius 2 is 2.27 bits per heavy atom. The fourth-order valence-electron chi connectivity index (χ4n) is 2.22. The number of nitrogens with zero attached hydrogens (tertiary/aromatic N) is 1. The van der Waals surface area contributed by atoms with E-state index in [1.54, 1.807) is 0 Å². The van der Waals surface area contributed by atoms with Crippen LogP contribution in [-0.4, -0.2) is 30.8 Å². The second-order valence-electron chi connectivity index (χ2n) is 3.57. The predicted molar refractivity (Wildman–Crippen MR) is 42.8 cm³/mol. The van der Waals surface area contributed by atoms with Gasteiger partial charge >= 0.3 is 0 Å². The van der Waals surface area contributed by atoms with Gasteiger partial charge < -0.3 is 4.74 Å². The summed E-state index contributed by atoms with van der Waals surface area (Å²) in [7, 11) is 0. The molecule has 2 aliphatic rings. The molecule has 0 spiro atoms. The predicted octanol–water partition coefficient (Wildman–Crippen LogP) is 0.361. The summed E-state index contributed by atoms with van der Waals surface area (Å²) in [6.07, 6.45) is 3.90. The molecule has 0 bridgehead atoms. The molecule has 2 unspecified atom stereocenters. The van der Waals surface area contributed by atoms with Gasteiger partial charge in [0.1, 0.15) is 0 Å². The lowest BCUT2D eigenvalue weighted by Crippen LogP contribution is -2.43. The van der Waals surface area contributed by atoms with Crippen LogP contribution in [0.5, 0.6) is 0 Å². The Balaban J connectivity index is 2.03. The van der Waals surface area contributed by atoms with E-state index in [1.165, 1.54) is 19.3 Å². The van der Waals surface area contributed by atoms with Crippen LogP contribution < -0.4 is 5.84 Å². The van der Waals surface area contributed by atoms with Crippen LogP contribution in [-0.2, 0) is 4.74 Å². The van der Waals surface area contributed by atoms with Crippen molar-refractivity contribution in [2.75, 3.05) is 19.8 Å². The summed E-state index contributed by atoms with van der Waals surface area (Å²) in [6.45, 7) is 2.64. The summed E-state index contributed by atoms with van der Waals surface area (Å²) in [5, 5.41) is 1.98. The minimum absolute atomic E-state index is 0.609. The minimum atomic E-state index is 0.609. The molecular weight excluding hydrogens is 140 g/mol. The van der Waals surface area contributed by atoms with Crippen molar-refractivity contribution in [3.8, 4) is 0 Å². The van der Waals surface area contributed by atoms with E-state index in [1.807, 2.05) is 5.01 Å². The van der Waals surface area contributed by atoms with Gasteiger partial charge in [0.2, 0.25) is 0 Å². The third kappa shape index (κ3) is 1.41. The summed E-state index contributed by atoms with van der Waals surface area (Å²) in [6, 6.07) is 0.609. The number of hydrogen-bond donors (Lipinski definition) is 1. The monoisotopic (exact) mass is 156 g/mol. The third-order valence-electron chi connectivity index (χ3n) is 2.87. The van der Waals surface area contributed by atoms with E-state index >= 15 is 0 Å². The van der Waals surface area contributed by atoms with Gasteiger partial charge in [0.25, 0.3) is 0 Å². The average Bonchev–Trinajstić information content (AvgIpc) is 2.40. The molecule has 2 fully saturated rings. The van der Waals surface area contributed by atoms with Crippen molar-refractivity contribution in [1.82, 2.24) is 5.01 Å². The van der Waals surface area contributed by atoms with Crippen molar-refractivity contribution < 1.29 is 4.74 Å². The second-order valence-corrected chi connectivity index (χ2v) is 3.57. The van der Waals surface area contributed by atoms with Crippen LogP contribution in [0.15, 0.2) is 0 Å². The van der Waals surface area contributed by atoms with Gasteiger partial charge in [0.05, 0.1) is 13.2 Å². The van der Waals surface area contributed by atoms with Crippen molar-refractivity contribution in [1.29, 1.82) is 0 Å². The molecule has 0 aromatic rings. The number of ether oxygens (including phenoxy) is 1. The zero-order chi connectivity index (χ0) is 7.68. The molecule has 1 heterocycles. The zero-order valence-corrected chi connectivity index (χ0v) is 6.83. The summed E-state index contributed by atoms with van der Waals surface area (Å²) in [4.78, 5) is 0. The van der Waals surface area contributed by atoms with E-state index in [-0.39, 0.29) is 0 Å². The molecule has 1 aliphatic carbocycles. The molecule has 0 aromatic carbocycles. The van der Waals surface area contributed by atoms with Crippen molar-refractivity contribution in [3.05, 3.63) is 0 Å². The van der Waals surface area contributed by atoms with E-state index in [2.05, 4.69) is 0 Å². The first kappa shape index (κ1) is 7.53. The molecule has 64 valence electrons. The molecule has 1 saturated heterocycles. The fourth-order valence-corrected chi connectivity index (χ4v) is 2.22. The number of rotatable bonds is 0. The Morgan fingerprint density at radius 1 is 1.36 bits per heavy atom. The highest BCUT2D eigenvalue weighted by Crippen LogP contribution is 2.29. The first-order valence-electron chi connectivity index (χ1n) is 4.47. The van der Waals surface area contributed by atoms with Gasteiger partial charge in [-0.2, -0.15) is 0 Å². The molecule has 2 atom stereocenters. The lowest BCUT2D eigenvalue weighted by atomic mass is 10.1. The van der Waals surface area contributed by atoms with Crippen LogP contribution in [0.3, 0.4) is 0 Å². The maximum atomic E-state index is 5.87. The molecule has 3 heteroatoms. The van der Waals surface area contributed by atoms with Crippen molar-refractivity contribution >= 4 is 0 Å². The quantitative estimate of drug-likeness (QED) is 0.515. The summed E-state index contributed by atoms with van der Waals surface area (Å²) >= 11 is 0. The highest BCUT2D eigenvalue weighted by atomic mass is 16.5. The number of fused-ring (bicyclic) bond motifs is 1. The second kappa shape index (κ2) is 3.09. The lowest BCUT2D eigenvalue weighted by molar-refractivity contribution is 0.120. The molecule has 3 nitrogen and oxygen atoms in total. The number of hydrazine groups is 1. The maximum absolute atomic E-state index is 5.87. The molecule has 0 radical (unpaired) electrons. The number of nitrogens with two attached hydrogens (primary N) is 1. The van der Waals surface area contributed by atoms with Crippen LogP contribution in [0, 0.1) is 5.92 Å². The topological polar surface area (TPSA) is 38.5 Å². The normalized spacial score (nSPS) is 40.1. The van der Waals surface area contributed by atoms with Crippen molar-refractivity contribution in [2.45, 2.75) is 25.3 Å². The average molecular weight is 156 g/mol. The van der Waals surface area contributed by atoms with Gasteiger partial charge in [-0.3, -0.25) is 5.84 Å². The molecule has 0 amide bonds. The van der Waals surface area contributed by atoms with E-state index in [4.69, 9.17) is 10.6 Å². The Bertz CT molecular complexity index is 140. The molecule has 1 aliphatic heterocycles. The van der Waals surface area contributed by atoms with Crippen LogP contribution in [0.1, 0.15) is 19.3 Å². The molecule has 2 rings (SSSR count). The molecule has 11 heavy (non-hydrogen) atoms. The van der Waals surface area contributed by atoms with E-state index < -0.39 is 0 Å². The Labute approximate surface area is 67.5 Å². The first-order chi connectivity index (χ1) is 5.38. The summed E-state index contributed by atoms with van der Waals surface area (Å²) in [5.74, 6) is 6.58. The highest BCUT2D eigenvalue weighted by Gasteiger charge is 2.32. The van der Waals surface area contributed by atoms with Crippen LogP contribution >= 0.6 is 0 Å². The Kier molecular flexibility index (Phi) is 2.11. The van der Waals surface area contributed by atoms with Gasteiger partial charge in [-0.05, 0) is 18.8 Å². The van der Waals surface area contributed by atoms with Gasteiger partial charge in [-0.15, -0.1) is 0 Å². The minimum Gasteiger partial charge on any atom is -0.380 e. The van der Waals surface area contributed by atoms with Crippen LogP contribution in [0.4, 0.5) is 0 Å². The Morgan fingerprint density at radius 3 is 3.18 bits per heavy atom. The number of hydrogen-bond acceptors (Lipinski definition) is 3. The molecule has 1 saturated carbocycles. The van der Waals surface area contributed by atoms with Crippen LogP contribution in [0.25, 0.3) is 0 Å². The summed E-state index contributed by atoms with van der Waals surface area (Å²) < 4.78 is 5.46. The van der Waals surface area contributed by atoms with Crippen LogP contribution in [0.2, 0.25) is 0 Å². The SMILES string of the molecule is NN1CCOCC2CCCC21. The first-order valence-corrected chi connectivity index (χ1v) is 4.47. The smallest absolute Gasteiger partial charge is 0.0607 e. The lowest BCUT2D eigenvalue weighted by Gasteiger charge is -2.24. The van der Waals surface area contributed by atoms with Gasteiger partial charge in [0, 0.05) is 12.6 Å². The standard InChI is InChI=1S/C8H16N2O/c9-10-4-5-11-6-7-2-1-3-8(7)10/h7-8H,1-6,9H2. The molecule has 0 aromatic heterocycles. The van der Waals surface area contributed by atoms with Crippen molar-refractivity contribution in [3.63, 3.8) is 0 Å². The van der Waals surface area contributed by atoms with Gasteiger partial charge in [-0.25, -0.2) is 5.01 Å². The Hall–Kier alpha value is -0.120. The van der Waals surface area contributed by atoms with Gasteiger partial charge in [0.15, 0.2) is 0 Å².